The van der Waals surface area contributed by atoms with Gasteiger partial charge in [-0.2, -0.15) is 0 Å². The van der Waals surface area contributed by atoms with Crippen molar-refractivity contribution in [3.63, 3.8) is 0 Å². The van der Waals surface area contributed by atoms with Crippen molar-refractivity contribution >= 4 is 23.6 Å². The van der Waals surface area contributed by atoms with Crippen LogP contribution in [0.25, 0.3) is 0 Å². The standard InChI is InChI=1S/C22H27N3O6/c1-5-24-19(27)16-17(20(24)28)22(2)21(29)23(10-11-30-3)12-15(26)25(22)18(16)13-6-8-14(31-4)9-7-13/h6-9,16-18H,5,10-12H2,1-4H3/t16-,17-,18-,22-/m1/s1. The first-order valence-electron chi connectivity index (χ1n) is 10.4. The molecule has 4 atom stereocenters. The number of amides is 4. The molecule has 31 heavy (non-hydrogen) atoms. The highest BCUT2D eigenvalue weighted by molar-refractivity contribution is 6.12. The lowest BCUT2D eigenvalue weighted by atomic mass is 9.79. The molecule has 0 N–H and O–H groups in total. The number of benzene rings is 1. The van der Waals surface area contributed by atoms with Gasteiger partial charge in [0, 0.05) is 20.2 Å². The number of carbonyl (C=O) groups is 4. The molecule has 0 aromatic heterocycles. The minimum absolute atomic E-state index is 0.107. The summed E-state index contributed by atoms with van der Waals surface area (Å²) in [4.78, 5) is 57.7. The molecule has 0 aliphatic carbocycles. The van der Waals surface area contributed by atoms with Crippen LogP contribution in [0.2, 0.25) is 0 Å². The molecule has 0 unspecified atom stereocenters. The van der Waals surface area contributed by atoms with Gasteiger partial charge in [0.15, 0.2) is 0 Å². The van der Waals surface area contributed by atoms with Crippen LogP contribution in [0.3, 0.4) is 0 Å². The number of carbonyl (C=O) groups excluding carboxylic acids is 4. The third kappa shape index (κ3) is 2.86. The van der Waals surface area contributed by atoms with Gasteiger partial charge in [0.05, 0.1) is 38.1 Å². The van der Waals surface area contributed by atoms with Crippen LogP contribution in [-0.4, -0.2) is 84.3 Å². The first-order chi connectivity index (χ1) is 14.8. The highest BCUT2D eigenvalue weighted by atomic mass is 16.5. The van der Waals surface area contributed by atoms with Gasteiger partial charge < -0.3 is 19.3 Å². The van der Waals surface area contributed by atoms with Crippen molar-refractivity contribution in [1.82, 2.24) is 14.7 Å². The van der Waals surface area contributed by atoms with E-state index in [1.807, 2.05) is 0 Å². The summed E-state index contributed by atoms with van der Waals surface area (Å²) in [5, 5.41) is 0. The Morgan fingerprint density at radius 2 is 1.74 bits per heavy atom. The molecule has 1 aromatic rings. The van der Waals surface area contributed by atoms with Gasteiger partial charge in [-0.1, -0.05) is 12.1 Å². The second-order valence-corrected chi connectivity index (χ2v) is 8.27. The molecule has 3 aliphatic heterocycles. The normalized spacial score (nSPS) is 30.2. The first kappa shape index (κ1) is 21.3. The summed E-state index contributed by atoms with van der Waals surface area (Å²) in [6, 6.07) is 6.37. The number of methoxy groups -OCH3 is 2. The van der Waals surface area contributed by atoms with Gasteiger partial charge in [-0.05, 0) is 31.5 Å². The van der Waals surface area contributed by atoms with Crippen LogP contribution < -0.4 is 4.74 Å². The Kier molecular flexibility index (Phi) is 5.25. The van der Waals surface area contributed by atoms with Crippen molar-refractivity contribution in [1.29, 1.82) is 0 Å². The fourth-order valence-electron chi connectivity index (χ4n) is 5.39. The van der Waals surface area contributed by atoms with E-state index in [9.17, 15) is 19.2 Å². The lowest BCUT2D eigenvalue weighted by molar-refractivity contribution is -0.168. The maximum Gasteiger partial charge on any atom is 0.249 e. The number of ether oxygens (including phenoxy) is 2. The van der Waals surface area contributed by atoms with Crippen molar-refractivity contribution in [2.45, 2.75) is 25.4 Å². The molecule has 9 heteroatoms. The molecule has 0 spiro atoms. The van der Waals surface area contributed by atoms with Crippen LogP contribution in [0.4, 0.5) is 0 Å². The van der Waals surface area contributed by atoms with Gasteiger partial charge >= 0.3 is 0 Å². The molecule has 3 aliphatic rings. The van der Waals surface area contributed by atoms with Crippen LogP contribution in [0.5, 0.6) is 5.75 Å². The zero-order chi connectivity index (χ0) is 22.5. The minimum Gasteiger partial charge on any atom is -0.497 e. The highest BCUT2D eigenvalue weighted by Gasteiger charge is 2.72. The number of likely N-dealkylation sites (tertiary alicyclic amines) is 1. The molecule has 0 saturated carbocycles. The fraction of sp³-hybridized carbons (Fsp3) is 0.545. The van der Waals surface area contributed by atoms with E-state index in [2.05, 4.69) is 0 Å². The van der Waals surface area contributed by atoms with Crippen LogP contribution >= 0.6 is 0 Å². The lowest BCUT2D eigenvalue weighted by Crippen LogP contribution is -2.68. The summed E-state index contributed by atoms with van der Waals surface area (Å²) in [7, 11) is 3.07. The average Bonchev–Trinajstić information content (AvgIpc) is 3.20. The maximum atomic E-state index is 13.6. The van der Waals surface area contributed by atoms with E-state index in [-0.39, 0.29) is 44.0 Å². The van der Waals surface area contributed by atoms with Crippen LogP contribution in [0.15, 0.2) is 24.3 Å². The van der Waals surface area contributed by atoms with Gasteiger partial charge in [-0.25, -0.2) is 0 Å². The van der Waals surface area contributed by atoms with Gasteiger partial charge in [-0.3, -0.25) is 24.1 Å². The summed E-state index contributed by atoms with van der Waals surface area (Å²) >= 11 is 0. The molecule has 3 fully saturated rings. The third-order valence-electron chi connectivity index (χ3n) is 6.82. The van der Waals surface area contributed by atoms with Gasteiger partial charge in [0.25, 0.3) is 0 Å². The number of piperazine rings is 1. The quantitative estimate of drug-likeness (QED) is 0.609. The van der Waals surface area contributed by atoms with Crippen molar-refractivity contribution < 1.29 is 28.7 Å². The maximum absolute atomic E-state index is 13.6. The van der Waals surface area contributed by atoms with Crippen LogP contribution in [0, 0.1) is 11.8 Å². The van der Waals surface area contributed by atoms with Gasteiger partial charge in [0.2, 0.25) is 23.6 Å². The molecule has 1 aromatic carbocycles. The topological polar surface area (TPSA) is 96.5 Å². The van der Waals surface area contributed by atoms with E-state index in [0.717, 1.165) is 0 Å². The van der Waals surface area contributed by atoms with Crippen LogP contribution in [0.1, 0.15) is 25.5 Å². The number of fused-ring (bicyclic) bond motifs is 3. The molecule has 9 nitrogen and oxygen atoms in total. The third-order valence-corrected chi connectivity index (χ3v) is 6.82. The molecule has 4 amide bonds. The Labute approximate surface area is 180 Å². The van der Waals surface area contributed by atoms with Crippen molar-refractivity contribution in [3.05, 3.63) is 29.8 Å². The average molecular weight is 429 g/mol. The van der Waals surface area contributed by atoms with Crippen LogP contribution in [-0.2, 0) is 23.9 Å². The molecule has 3 heterocycles. The zero-order valence-corrected chi connectivity index (χ0v) is 18.2. The molecule has 0 radical (unpaired) electrons. The Morgan fingerprint density at radius 1 is 1.06 bits per heavy atom. The van der Waals surface area contributed by atoms with E-state index in [0.29, 0.717) is 11.3 Å². The Hall–Kier alpha value is -2.94. The van der Waals surface area contributed by atoms with Gasteiger partial charge in [0.1, 0.15) is 11.3 Å². The van der Waals surface area contributed by atoms with E-state index < -0.39 is 29.3 Å². The number of hydrogen-bond donors (Lipinski definition) is 0. The molecular weight excluding hydrogens is 402 g/mol. The number of hydrogen-bond acceptors (Lipinski definition) is 6. The summed E-state index contributed by atoms with van der Waals surface area (Å²) < 4.78 is 10.3. The largest absolute Gasteiger partial charge is 0.497 e. The van der Waals surface area contributed by atoms with Crippen molar-refractivity contribution in [2.24, 2.45) is 11.8 Å². The molecule has 166 valence electrons. The molecule has 4 rings (SSSR count). The molecule has 3 saturated heterocycles. The smallest absolute Gasteiger partial charge is 0.249 e. The Balaban J connectivity index is 1.85. The molecule has 0 bridgehead atoms. The summed E-state index contributed by atoms with van der Waals surface area (Å²) in [5.74, 6) is -2.42. The SMILES string of the molecule is CCN1C(=O)[C@H]2[C@@H](c3ccc(OC)cc3)N3C(=O)CN(CCOC)C(=O)[C@@]3(C)[C@H]2C1=O. The number of rotatable bonds is 6. The number of nitrogens with zero attached hydrogens (tertiary/aromatic N) is 3. The lowest BCUT2D eigenvalue weighted by Gasteiger charge is -2.47. The second-order valence-electron chi connectivity index (χ2n) is 8.27. The van der Waals surface area contributed by atoms with E-state index in [1.54, 1.807) is 45.2 Å². The Bertz CT molecular complexity index is 932. The minimum atomic E-state index is -1.44. The van der Waals surface area contributed by atoms with E-state index in [1.165, 1.54) is 21.8 Å². The van der Waals surface area contributed by atoms with E-state index >= 15 is 0 Å². The van der Waals surface area contributed by atoms with Crippen molar-refractivity contribution in [3.8, 4) is 5.75 Å². The number of imide groups is 1. The predicted molar refractivity (Wildman–Crippen MR) is 109 cm³/mol. The summed E-state index contributed by atoms with van der Waals surface area (Å²) in [5.41, 5.74) is -0.736. The first-order valence-corrected chi connectivity index (χ1v) is 10.4. The van der Waals surface area contributed by atoms with Crippen molar-refractivity contribution in [2.75, 3.05) is 40.5 Å². The summed E-state index contributed by atoms with van der Waals surface area (Å²) in [6.07, 6.45) is 0. The molecular formula is C22H27N3O6. The highest BCUT2D eigenvalue weighted by Crippen LogP contribution is 2.56. The van der Waals surface area contributed by atoms with E-state index in [4.69, 9.17) is 9.47 Å². The predicted octanol–water partition coefficient (Wildman–Crippen LogP) is 0.447. The fourth-order valence-corrected chi connectivity index (χ4v) is 5.39. The monoisotopic (exact) mass is 429 g/mol. The Morgan fingerprint density at radius 3 is 2.32 bits per heavy atom. The summed E-state index contributed by atoms with van der Waals surface area (Å²) in [6.45, 7) is 4.00. The second kappa shape index (κ2) is 7.64. The van der Waals surface area contributed by atoms with Gasteiger partial charge in [-0.15, -0.1) is 0 Å². The zero-order valence-electron chi connectivity index (χ0n) is 18.2.